The van der Waals surface area contributed by atoms with Crippen LogP contribution in [0.2, 0.25) is 0 Å². The minimum Gasteiger partial charge on any atom is -0.388 e. The number of aliphatic hydroxyl groups excluding tert-OH is 1. The van der Waals surface area contributed by atoms with Gasteiger partial charge in [0.15, 0.2) is 5.78 Å². The van der Waals surface area contributed by atoms with E-state index in [0.29, 0.717) is 24.3 Å². The van der Waals surface area contributed by atoms with Crippen molar-refractivity contribution < 1.29 is 9.90 Å². The lowest BCUT2D eigenvalue weighted by atomic mass is 9.96. The van der Waals surface area contributed by atoms with Crippen LogP contribution in [0.15, 0.2) is 23.8 Å². The molecular weight excluding hydrogens is 176 g/mol. The molecule has 2 heteroatoms. The number of hydrogen-bond acceptors (Lipinski definition) is 2. The Bertz CT molecular complexity index is 289. The normalized spacial score (nSPS) is 28.2. The van der Waals surface area contributed by atoms with Gasteiger partial charge in [-0.05, 0) is 31.6 Å². The summed E-state index contributed by atoms with van der Waals surface area (Å²) in [6.07, 6.45) is 10.0. The Morgan fingerprint density at radius 2 is 2.36 bits per heavy atom. The molecule has 1 N–H and O–H groups in total. The molecule has 0 heterocycles. The van der Waals surface area contributed by atoms with E-state index in [1.165, 1.54) is 0 Å². The lowest BCUT2D eigenvalue weighted by molar-refractivity contribution is -0.115. The minimum absolute atomic E-state index is 0.138. The van der Waals surface area contributed by atoms with E-state index in [9.17, 15) is 9.90 Å². The summed E-state index contributed by atoms with van der Waals surface area (Å²) in [6.45, 7) is 0. The highest BCUT2D eigenvalue weighted by Crippen LogP contribution is 2.27. The molecule has 14 heavy (non-hydrogen) atoms. The van der Waals surface area contributed by atoms with Crippen molar-refractivity contribution in [2.75, 3.05) is 0 Å². The molecule has 0 spiro atoms. The van der Waals surface area contributed by atoms with Gasteiger partial charge in [-0.25, -0.2) is 0 Å². The van der Waals surface area contributed by atoms with Crippen molar-refractivity contribution in [2.24, 2.45) is 5.92 Å². The zero-order valence-electron chi connectivity index (χ0n) is 8.28. The second kappa shape index (κ2) is 4.09. The van der Waals surface area contributed by atoms with Gasteiger partial charge in [0.05, 0.1) is 6.10 Å². The van der Waals surface area contributed by atoms with Crippen molar-refractivity contribution in [3.8, 4) is 0 Å². The molecule has 0 fully saturated rings. The van der Waals surface area contributed by atoms with Gasteiger partial charge in [0, 0.05) is 12.0 Å². The quantitative estimate of drug-likeness (QED) is 0.694. The first-order chi connectivity index (χ1) is 6.77. The number of Topliss-reactive ketones (excluding diaryl/α,β-unsaturated/α-hetero) is 1. The standard InChI is InChI=1S/C12H16O2/c13-11-7-3-6-10(11)12(14)8-9-4-1-2-5-9/h1,4,6,9,12,14H,2-3,5,7-8H2/t9-,12-/m1/s1. The van der Waals surface area contributed by atoms with E-state index >= 15 is 0 Å². The van der Waals surface area contributed by atoms with Gasteiger partial charge in [-0.2, -0.15) is 0 Å². The van der Waals surface area contributed by atoms with Crippen LogP contribution >= 0.6 is 0 Å². The van der Waals surface area contributed by atoms with E-state index in [1.54, 1.807) is 0 Å². The Kier molecular flexibility index (Phi) is 2.82. The molecule has 2 aliphatic carbocycles. The van der Waals surface area contributed by atoms with Gasteiger partial charge in [-0.3, -0.25) is 4.79 Å². The average Bonchev–Trinajstić information content (AvgIpc) is 2.75. The molecule has 2 aliphatic rings. The van der Waals surface area contributed by atoms with E-state index in [2.05, 4.69) is 12.2 Å². The van der Waals surface area contributed by atoms with E-state index in [-0.39, 0.29) is 5.78 Å². The van der Waals surface area contributed by atoms with Crippen LogP contribution < -0.4 is 0 Å². The van der Waals surface area contributed by atoms with Crippen molar-refractivity contribution in [2.45, 2.75) is 38.2 Å². The Morgan fingerprint density at radius 1 is 1.50 bits per heavy atom. The van der Waals surface area contributed by atoms with Gasteiger partial charge >= 0.3 is 0 Å². The molecule has 2 nitrogen and oxygen atoms in total. The van der Waals surface area contributed by atoms with Crippen LogP contribution in [0.3, 0.4) is 0 Å². The number of aliphatic hydroxyl groups is 1. The van der Waals surface area contributed by atoms with E-state index in [4.69, 9.17) is 0 Å². The van der Waals surface area contributed by atoms with Crippen LogP contribution in [-0.4, -0.2) is 17.0 Å². The van der Waals surface area contributed by atoms with Crippen LogP contribution in [0, 0.1) is 5.92 Å². The molecule has 0 aliphatic heterocycles. The van der Waals surface area contributed by atoms with Gasteiger partial charge in [-0.1, -0.05) is 18.2 Å². The highest BCUT2D eigenvalue weighted by molar-refractivity contribution is 5.98. The number of allylic oxidation sites excluding steroid dienone is 3. The molecule has 0 unspecified atom stereocenters. The number of rotatable bonds is 3. The van der Waals surface area contributed by atoms with Crippen molar-refractivity contribution >= 4 is 5.78 Å². The fourth-order valence-electron chi connectivity index (χ4n) is 2.24. The average molecular weight is 192 g/mol. The summed E-state index contributed by atoms with van der Waals surface area (Å²) in [4.78, 5) is 11.3. The van der Waals surface area contributed by atoms with E-state index in [0.717, 1.165) is 19.3 Å². The predicted molar refractivity (Wildman–Crippen MR) is 54.8 cm³/mol. The number of hydrogen-bond donors (Lipinski definition) is 1. The van der Waals surface area contributed by atoms with Crippen LogP contribution in [0.25, 0.3) is 0 Å². The van der Waals surface area contributed by atoms with Crippen LogP contribution in [0.5, 0.6) is 0 Å². The third-order valence-corrected chi connectivity index (χ3v) is 3.06. The SMILES string of the molecule is O=C1CCC=C1[C@H](O)C[C@@H]1C=CCC1. The van der Waals surface area contributed by atoms with E-state index in [1.807, 2.05) is 6.08 Å². The highest BCUT2D eigenvalue weighted by atomic mass is 16.3. The van der Waals surface area contributed by atoms with Crippen LogP contribution in [-0.2, 0) is 4.79 Å². The maximum absolute atomic E-state index is 11.3. The first-order valence-electron chi connectivity index (χ1n) is 5.35. The lowest BCUT2D eigenvalue weighted by Gasteiger charge is -2.14. The number of ketones is 1. The van der Waals surface area contributed by atoms with Crippen molar-refractivity contribution in [1.29, 1.82) is 0 Å². The topological polar surface area (TPSA) is 37.3 Å². The molecule has 0 aromatic heterocycles. The molecule has 0 saturated heterocycles. The molecule has 0 saturated carbocycles. The van der Waals surface area contributed by atoms with Gasteiger partial charge in [0.1, 0.15) is 0 Å². The first kappa shape index (κ1) is 9.66. The molecule has 2 rings (SSSR count). The van der Waals surface area contributed by atoms with Crippen molar-refractivity contribution in [3.05, 3.63) is 23.8 Å². The summed E-state index contributed by atoms with van der Waals surface area (Å²) in [6, 6.07) is 0. The fourth-order valence-corrected chi connectivity index (χ4v) is 2.24. The van der Waals surface area contributed by atoms with Gasteiger partial charge < -0.3 is 5.11 Å². The smallest absolute Gasteiger partial charge is 0.161 e. The van der Waals surface area contributed by atoms with Crippen LogP contribution in [0.4, 0.5) is 0 Å². The van der Waals surface area contributed by atoms with Gasteiger partial charge in [-0.15, -0.1) is 0 Å². The maximum Gasteiger partial charge on any atom is 0.161 e. The third-order valence-electron chi connectivity index (χ3n) is 3.06. The monoisotopic (exact) mass is 192 g/mol. The summed E-state index contributed by atoms with van der Waals surface area (Å²) in [5.74, 6) is 0.610. The summed E-state index contributed by atoms with van der Waals surface area (Å²) in [5, 5.41) is 9.86. The Morgan fingerprint density at radius 3 is 2.93 bits per heavy atom. The fraction of sp³-hybridized carbons (Fsp3) is 0.583. The second-order valence-electron chi connectivity index (χ2n) is 4.14. The van der Waals surface area contributed by atoms with Crippen LogP contribution in [0.1, 0.15) is 32.1 Å². The molecule has 0 amide bonds. The lowest BCUT2D eigenvalue weighted by Crippen LogP contribution is -2.17. The molecule has 76 valence electrons. The molecule has 0 aromatic carbocycles. The molecule has 0 bridgehead atoms. The van der Waals surface area contributed by atoms with Crippen molar-refractivity contribution in [3.63, 3.8) is 0 Å². The molecule has 0 aromatic rings. The molecule has 0 radical (unpaired) electrons. The number of carbonyl (C=O) groups excluding carboxylic acids is 1. The summed E-state index contributed by atoms with van der Waals surface area (Å²) >= 11 is 0. The maximum atomic E-state index is 11.3. The van der Waals surface area contributed by atoms with Gasteiger partial charge in [0.2, 0.25) is 0 Å². The first-order valence-corrected chi connectivity index (χ1v) is 5.35. The molecular formula is C12H16O2. The Labute approximate surface area is 84.3 Å². The summed E-state index contributed by atoms with van der Waals surface area (Å²) in [5.41, 5.74) is 0.658. The Balaban J connectivity index is 1.91. The minimum atomic E-state index is -0.530. The Hall–Kier alpha value is -0.890. The van der Waals surface area contributed by atoms with Gasteiger partial charge in [0.25, 0.3) is 0 Å². The zero-order chi connectivity index (χ0) is 9.97. The highest BCUT2D eigenvalue weighted by Gasteiger charge is 2.24. The number of carbonyl (C=O) groups is 1. The zero-order valence-corrected chi connectivity index (χ0v) is 8.28. The predicted octanol–water partition coefficient (Wildman–Crippen LogP) is 1.99. The summed E-state index contributed by atoms with van der Waals surface area (Å²) < 4.78 is 0. The largest absolute Gasteiger partial charge is 0.388 e. The third kappa shape index (κ3) is 1.95. The summed E-state index contributed by atoms with van der Waals surface area (Å²) in [7, 11) is 0. The second-order valence-corrected chi connectivity index (χ2v) is 4.14. The van der Waals surface area contributed by atoms with Crippen molar-refractivity contribution in [1.82, 2.24) is 0 Å². The molecule has 2 atom stereocenters. The van der Waals surface area contributed by atoms with E-state index < -0.39 is 6.10 Å².